The van der Waals surface area contributed by atoms with Crippen LogP contribution >= 0.6 is 139 Å². The second kappa shape index (κ2) is 8.87. The maximum atomic E-state index is 6.18. The molecule has 15 heteroatoms. The molecule has 0 N–H and O–H groups in total. The Balaban J connectivity index is 2.64. The highest BCUT2D eigenvalue weighted by Gasteiger charge is 2.34. The second-order valence-corrected chi connectivity index (χ2v) is 11.7. The number of nitrogens with zero attached hydrogens (tertiary/aromatic N) is 3. The monoisotopic (exact) mass is 591 g/mol. The van der Waals surface area contributed by atoms with Crippen LogP contribution in [0, 0.1) is 0 Å². The van der Waals surface area contributed by atoms with E-state index in [4.69, 9.17) is 128 Å². The molecule has 3 nitrogen and oxygen atoms in total. The molecule has 0 aliphatic carbocycles. The lowest BCUT2D eigenvalue weighted by Crippen LogP contribution is -2.16. The van der Waals surface area contributed by atoms with Gasteiger partial charge in [-0.2, -0.15) is 0 Å². The van der Waals surface area contributed by atoms with Crippen molar-refractivity contribution in [3.8, 4) is 0 Å². The Hall–Kier alpha value is 1.77. The largest absolute Gasteiger partial charge is 0.250 e. The quantitative estimate of drug-likeness (QED) is 0.197. The van der Waals surface area contributed by atoms with Gasteiger partial charge in [-0.25, -0.2) is 15.0 Å². The molecule has 26 heavy (non-hydrogen) atoms. The van der Waals surface area contributed by atoms with Crippen molar-refractivity contribution >= 4 is 139 Å². The lowest BCUT2D eigenvalue weighted by Gasteiger charge is -2.16. The smallest absolute Gasteiger partial charge is 0.209 e. The van der Waals surface area contributed by atoms with Gasteiger partial charge < -0.3 is 0 Å². The third-order valence-corrected chi connectivity index (χ3v) is 6.98. The van der Waals surface area contributed by atoms with Crippen LogP contribution in [0.15, 0.2) is 10.1 Å². The van der Waals surface area contributed by atoms with Gasteiger partial charge in [0.05, 0.1) is 30.0 Å². The van der Waals surface area contributed by atoms with Crippen molar-refractivity contribution in [1.82, 2.24) is 15.0 Å². The fourth-order valence-corrected chi connectivity index (χ4v) is 4.24. The Labute approximate surface area is 206 Å². The van der Waals surface area contributed by atoms with Crippen molar-refractivity contribution in [1.29, 1.82) is 0 Å². The van der Waals surface area contributed by atoms with E-state index in [0.29, 0.717) is 0 Å². The summed E-state index contributed by atoms with van der Waals surface area (Å²) >= 11 is 66.1. The van der Waals surface area contributed by atoms with Gasteiger partial charge in [0.2, 0.25) is 7.59 Å². The van der Waals surface area contributed by atoms with Crippen molar-refractivity contribution in [3.05, 3.63) is 36.8 Å². The van der Waals surface area contributed by atoms with Gasteiger partial charge >= 0.3 is 0 Å². The molecule has 2 aromatic rings. The maximum Gasteiger partial charge on any atom is 0.250 e. The highest BCUT2D eigenvalue weighted by atomic mass is 35.6. The van der Waals surface area contributed by atoms with Gasteiger partial charge in [0.1, 0.15) is 0 Å². The van der Waals surface area contributed by atoms with Gasteiger partial charge in [0, 0.05) is 0 Å². The van der Waals surface area contributed by atoms with E-state index in [1.165, 1.54) is 0 Å². The van der Waals surface area contributed by atoms with Crippen molar-refractivity contribution in [2.45, 2.75) is 17.6 Å². The molecule has 0 unspecified atom stereocenters. The predicted octanol–water partition coefficient (Wildman–Crippen LogP) is 8.94. The summed E-state index contributed by atoms with van der Waals surface area (Å²) in [6.07, 6.45) is 0. The molecular weight excluding hydrogens is 596 g/mol. The maximum absolute atomic E-state index is 6.18. The molecule has 0 spiro atoms. The number of rotatable bonds is 2. The normalized spacial score (nSPS) is 12.6. The molecule has 0 fully saturated rings. The van der Waals surface area contributed by atoms with Crippen LogP contribution in [-0.4, -0.2) is 15.0 Å². The van der Waals surface area contributed by atoms with E-state index in [0.717, 1.165) is 11.8 Å². The van der Waals surface area contributed by atoms with Crippen molar-refractivity contribution in [2.75, 3.05) is 0 Å². The van der Waals surface area contributed by atoms with Crippen molar-refractivity contribution in [3.63, 3.8) is 0 Å². The third-order valence-electron chi connectivity index (χ3n) is 2.48. The molecule has 0 saturated carbocycles. The molecule has 142 valence electrons. The van der Waals surface area contributed by atoms with Crippen LogP contribution in [0.4, 0.5) is 0 Å². The summed E-state index contributed by atoms with van der Waals surface area (Å²) in [4.78, 5) is 12.1. The molecule has 1 heterocycles. The number of halogens is 11. The number of hydrogen-bond acceptors (Lipinski definition) is 4. The van der Waals surface area contributed by atoms with Crippen molar-refractivity contribution in [2.24, 2.45) is 0 Å². The van der Waals surface area contributed by atoms with E-state index in [2.05, 4.69) is 15.0 Å². The first-order valence-corrected chi connectivity index (χ1v) is 10.8. The minimum atomic E-state index is -2.01. The van der Waals surface area contributed by atoms with E-state index in [1.807, 2.05) is 0 Å². The lowest BCUT2D eigenvalue weighted by atomic mass is 10.3. The van der Waals surface area contributed by atoms with Gasteiger partial charge in [-0.1, -0.05) is 128 Å². The summed E-state index contributed by atoms with van der Waals surface area (Å²) in [6.45, 7) is 0. The zero-order valence-electron chi connectivity index (χ0n) is 11.4. The second-order valence-electron chi connectivity index (χ2n) is 4.26. The molecule has 1 aromatic heterocycles. The molecule has 0 bridgehead atoms. The van der Waals surface area contributed by atoms with Crippen LogP contribution in [0.5, 0.6) is 0 Å². The average Bonchev–Trinajstić information content (AvgIpc) is 2.53. The summed E-state index contributed by atoms with van der Waals surface area (Å²) in [6, 6.07) is 0. The summed E-state index contributed by atoms with van der Waals surface area (Å²) in [5.74, 6) is -0.556. The number of benzene rings is 1. The molecule has 1 aromatic carbocycles. The number of hydrogen-bond donors (Lipinski definition) is 0. The molecule has 0 aliphatic rings. The Bertz CT molecular complexity index is 801. The Morgan fingerprint density at radius 1 is 0.538 bits per heavy atom. The van der Waals surface area contributed by atoms with Crippen LogP contribution in [0.1, 0.15) is 11.6 Å². The van der Waals surface area contributed by atoms with E-state index < -0.39 is 7.59 Å². The molecule has 0 amide bonds. The van der Waals surface area contributed by atoms with E-state index >= 15 is 0 Å². The first-order valence-electron chi connectivity index (χ1n) is 5.83. The fourth-order valence-electron chi connectivity index (χ4n) is 1.42. The SMILES string of the molecule is Clc1c(Cl)c(Cl)c(Sc2nc(C(Cl)(Cl)Cl)nc(C(Cl)(Cl)Cl)n2)c(Cl)c1Cl. The molecule has 0 radical (unpaired) electrons. The van der Waals surface area contributed by atoms with E-state index in [9.17, 15) is 0 Å². The summed E-state index contributed by atoms with van der Waals surface area (Å²) in [7, 11) is 0. The van der Waals surface area contributed by atoms with Crippen LogP contribution in [0.2, 0.25) is 25.1 Å². The summed E-state index contributed by atoms with van der Waals surface area (Å²) < 4.78 is -4.02. The Morgan fingerprint density at radius 2 is 0.885 bits per heavy atom. The van der Waals surface area contributed by atoms with Gasteiger partial charge in [-0.3, -0.25) is 0 Å². The van der Waals surface area contributed by atoms with Crippen molar-refractivity contribution < 1.29 is 0 Å². The lowest BCUT2D eigenvalue weighted by molar-refractivity contribution is 0.768. The van der Waals surface area contributed by atoms with Crippen LogP contribution < -0.4 is 0 Å². The predicted molar refractivity (Wildman–Crippen MR) is 114 cm³/mol. The van der Waals surface area contributed by atoms with E-state index in [1.54, 1.807) is 0 Å². The summed E-state index contributed by atoms with van der Waals surface area (Å²) in [5, 5.41) is -0.0390. The number of aromatic nitrogens is 3. The molecule has 0 aliphatic heterocycles. The number of alkyl halides is 6. The molecule has 0 saturated heterocycles. The highest BCUT2D eigenvalue weighted by molar-refractivity contribution is 7.99. The zero-order chi connectivity index (χ0) is 20.0. The Morgan fingerprint density at radius 3 is 1.23 bits per heavy atom. The van der Waals surface area contributed by atoms with Crippen LogP contribution in [0.25, 0.3) is 0 Å². The fraction of sp³-hybridized carbons (Fsp3) is 0.182. The van der Waals surface area contributed by atoms with Crippen LogP contribution in [0.3, 0.4) is 0 Å². The van der Waals surface area contributed by atoms with E-state index in [-0.39, 0.29) is 46.8 Å². The minimum Gasteiger partial charge on any atom is -0.209 e. The highest BCUT2D eigenvalue weighted by Crippen LogP contribution is 2.49. The Kier molecular flexibility index (Phi) is 8.20. The van der Waals surface area contributed by atoms with Crippen LogP contribution in [-0.2, 0) is 7.59 Å². The third kappa shape index (κ3) is 5.47. The van der Waals surface area contributed by atoms with Gasteiger partial charge in [-0.15, -0.1) is 0 Å². The van der Waals surface area contributed by atoms with Gasteiger partial charge in [-0.05, 0) is 11.8 Å². The molecule has 2 rings (SSSR count). The molecule has 0 atom stereocenters. The summed E-state index contributed by atoms with van der Waals surface area (Å²) in [5.41, 5.74) is 0. The average molecular weight is 596 g/mol. The van der Waals surface area contributed by atoms with Gasteiger partial charge in [0.25, 0.3) is 0 Å². The molecular formula is C11Cl11N3S. The first kappa shape index (κ1) is 24.0. The zero-order valence-corrected chi connectivity index (χ0v) is 20.5. The standard InChI is InChI=1S/C11Cl11N3S/c12-1-2(13)4(15)6(5(16)3(1)14)26-9-24-7(10(17,18)19)23-8(25-9)11(20,21)22. The topological polar surface area (TPSA) is 38.7 Å². The minimum absolute atomic E-state index is 0.00714. The van der Waals surface area contributed by atoms with Gasteiger partial charge in [0.15, 0.2) is 16.8 Å². The first-order chi connectivity index (χ1) is 11.7.